The van der Waals surface area contributed by atoms with Crippen LogP contribution in [0, 0.1) is 0 Å². The van der Waals surface area contributed by atoms with E-state index in [2.05, 4.69) is 6.07 Å². The molecule has 18 heavy (non-hydrogen) atoms. The fourth-order valence-corrected chi connectivity index (χ4v) is 2.45. The first-order valence-electron chi connectivity index (χ1n) is 6.01. The summed E-state index contributed by atoms with van der Waals surface area (Å²) in [5.41, 5.74) is 6.73. The SMILES string of the molecule is Nc1ccccc1SCCCOc1ccccc1. The summed E-state index contributed by atoms with van der Waals surface area (Å²) in [6.07, 6.45) is 1.01. The molecule has 0 saturated heterocycles. The molecular weight excluding hydrogens is 242 g/mol. The maximum absolute atomic E-state index is 5.87. The van der Waals surface area contributed by atoms with Crippen LogP contribution in [-0.4, -0.2) is 12.4 Å². The summed E-state index contributed by atoms with van der Waals surface area (Å²) < 4.78 is 5.63. The zero-order valence-corrected chi connectivity index (χ0v) is 11.0. The largest absolute Gasteiger partial charge is 0.494 e. The summed E-state index contributed by atoms with van der Waals surface area (Å²) in [5, 5.41) is 0. The first kappa shape index (κ1) is 12.8. The fraction of sp³-hybridized carbons (Fsp3) is 0.200. The van der Waals surface area contributed by atoms with Gasteiger partial charge in [-0.1, -0.05) is 30.3 Å². The molecule has 2 aromatic rings. The number of ether oxygens (including phenoxy) is 1. The number of nitrogens with two attached hydrogens (primary N) is 1. The van der Waals surface area contributed by atoms with Gasteiger partial charge in [0.2, 0.25) is 0 Å². The average Bonchev–Trinajstić information content (AvgIpc) is 2.42. The lowest BCUT2D eigenvalue weighted by molar-refractivity contribution is 0.319. The summed E-state index contributed by atoms with van der Waals surface area (Å²) in [4.78, 5) is 1.15. The molecule has 2 aromatic carbocycles. The maximum Gasteiger partial charge on any atom is 0.119 e. The number of anilines is 1. The molecule has 94 valence electrons. The van der Waals surface area contributed by atoms with Crippen molar-refractivity contribution in [2.45, 2.75) is 11.3 Å². The van der Waals surface area contributed by atoms with E-state index in [1.807, 2.05) is 48.5 Å². The van der Waals surface area contributed by atoms with Gasteiger partial charge >= 0.3 is 0 Å². The summed E-state index contributed by atoms with van der Waals surface area (Å²) >= 11 is 1.78. The molecule has 0 amide bonds. The third kappa shape index (κ3) is 4.00. The smallest absolute Gasteiger partial charge is 0.119 e. The number of nitrogen functional groups attached to an aromatic ring is 1. The van der Waals surface area contributed by atoms with Crippen molar-refractivity contribution in [2.75, 3.05) is 18.1 Å². The lowest BCUT2D eigenvalue weighted by atomic mass is 10.3. The molecule has 3 heteroatoms. The van der Waals surface area contributed by atoms with E-state index in [4.69, 9.17) is 10.5 Å². The molecule has 0 heterocycles. The third-order valence-corrected chi connectivity index (χ3v) is 3.65. The molecule has 2 N–H and O–H groups in total. The van der Waals surface area contributed by atoms with E-state index in [-0.39, 0.29) is 0 Å². The van der Waals surface area contributed by atoms with Gasteiger partial charge in [-0.3, -0.25) is 0 Å². The number of thioether (sulfide) groups is 1. The Bertz CT molecular complexity index is 473. The Kier molecular flexibility index (Phi) is 4.97. The van der Waals surface area contributed by atoms with E-state index in [1.54, 1.807) is 11.8 Å². The summed E-state index contributed by atoms with van der Waals surface area (Å²) in [6, 6.07) is 17.9. The molecule has 0 fully saturated rings. The van der Waals surface area contributed by atoms with Gasteiger partial charge in [-0.25, -0.2) is 0 Å². The second-order valence-electron chi connectivity index (χ2n) is 3.90. The number of hydrogen-bond donors (Lipinski definition) is 1. The Hall–Kier alpha value is -1.61. The molecule has 0 unspecified atom stereocenters. The van der Waals surface area contributed by atoms with Gasteiger partial charge in [-0.15, -0.1) is 11.8 Å². The van der Waals surface area contributed by atoms with Gasteiger partial charge in [-0.2, -0.15) is 0 Å². The van der Waals surface area contributed by atoms with Crippen molar-refractivity contribution in [3.8, 4) is 5.75 Å². The molecule has 2 rings (SSSR count). The molecule has 0 aliphatic rings. The van der Waals surface area contributed by atoms with Crippen LogP contribution in [-0.2, 0) is 0 Å². The molecule has 0 radical (unpaired) electrons. The quantitative estimate of drug-likeness (QED) is 0.486. The molecule has 0 saturated carbocycles. The van der Waals surface area contributed by atoms with Crippen molar-refractivity contribution < 1.29 is 4.74 Å². The summed E-state index contributed by atoms with van der Waals surface area (Å²) in [6.45, 7) is 0.740. The Balaban J connectivity index is 1.66. The monoisotopic (exact) mass is 259 g/mol. The first-order valence-corrected chi connectivity index (χ1v) is 7.00. The topological polar surface area (TPSA) is 35.2 Å². The Morgan fingerprint density at radius 1 is 0.944 bits per heavy atom. The van der Waals surface area contributed by atoms with Crippen molar-refractivity contribution in [3.63, 3.8) is 0 Å². The van der Waals surface area contributed by atoms with Crippen LogP contribution in [0.2, 0.25) is 0 Å². The van der Waals surface area contributed by atoms with Gasteiger partial charge < -0.3 is 10.5 Å². The van der Waals surface area contributed by atoms with Gasteiger partial charge in [0.15, 0.2) is 0 Å². The average molecular weight is 259 g/mol. The molecule has 0 bridgehead atoms. The van der Waals surface area contributed by atoms with Crippen molar-refractivity contribution in [1.29, 1.82) is 0 Å². The predicted octanol–water partition coefficient (Wildman–Crippen LogP) is 3.83. The minimum Gasteiger partial charge on any atom is -0.494 e. The third-order valence-electron chi connectivity index (χ3n) is 2.48. The standard InChI is InChI=1S/C15H17NOS/c16-14-9-4-5-10-15(14)18-12-6-11-17-13-7-2-1-3-8-13/h1-5,7-10H,6,11-12,16H2. The number of para-hydroxylation sites is 2. The van der Waals surface area contributed by atoms with Gasteiger partial charge in [0.05, 0.1) is 6.61 Å². The van der Waals surface area contributed by atoms with Crippen molar-refractivity contribution >= 4 is 17.4 Å². The molecular formula is C15H17NOS. The van der Waals surface area contributed by atoms with Crippen LogP contribution in [0.1, 0.15) is 6.42 Å². The van der Waals surface area contributed by atoms with E-state index >= 15 is 0 Å². The summed E-state index contributed by atoms with van der Waals surface area (Å²) in [5.74, 6) is 1.95. The Morgan fingerprint density at radius 2 is 1.67 bits per heavy atom. The van der Waals surface area contributed by atoms with Gasteiger partial charge in [-0.05, 0) is 30.7 Å². The minimum atomic E-state index is 0.740. The zero-order chi connectivity index (χ0) is 12.6. The first-order chi connectivity index (χ1) is 8.86. The molecule has 0 aliphatic heterocycles. The van der Waals surface area contributed by atoms with Crippen LogP contribution >= 0.6 is 11.8 Å². The van der Waals surface area contributed by atoms with Crippen LogP contribution in [0.25, 0.3) is 0 Å². The van der Waals surface area contributed by atoms with Crippen LogP contribution in [0.5, 0.6) is 5.75 Å². The highest BCUT2D eigenvalue weighted by Crippen LogP contribution is 2.24. The van der Waals surface area contributed by atoms with E-state index in [0.29, 0.717) is 0 Å². The van der Waals surface area contributed by atoms with Crippen molar-refractivity contribution in [2.24, 2.45) is 0 Å². The molecule has 0 aliphatic carbocycles. The number of hydrogen-bond acceptors (Lipinski definition) is 3. The highest BCUT2D eigenvalue weighted by molar-refractivity contribution is 7.99. The predicted molar refractivity (Wildman–Crippen MR) is 78.1 cm³/mol. The lowest BCUT2D eigenvalue weighted by Gasteiger charge is -2.06. The molecule has 0 aromatic heterocycles. The normalized spacial score (nSPS) is 10.2. The van der Waals surface area contributed by atoms with Crippen LogP contribution in [0.3, 0.4) is 0 Å². The second-order valence-corrected chi connectivity index (χ2v) is 5.04. The lowest BCUT2D eigenvalue weighted by Crippen LogP contribution is -1.98. The van der Waals surface area contributed by atoms with Crippen molar-refractivity contribution in [3.05, 3.63) is 54.6 Å². The maximum atomic E-state index is 5.87. The van der Waals surface area contributed by atoms with Crippen LogP contribution < -0.4 is 10.5 Å². The molecule has 0 atom stereocenters. The van der Waals surface area contributed by atoms with E-state index < -0.39 is 0 Å². The van der Waals surface area contributed by atoms with E-state index in [0.717, 1.165) is 35.1 Å². The summed E-state index contributed by atoms with van der Waals surface area (Å²) in [7, 11) is 0. The van der Waals surface area contributed by atoms with Gasteiger partial charge in [0.1, 0.15) is 5.75 Å². The van der Waals surface area contributed by atoms with Crippen LogP contribution in [0.4, 0.5) is 5.69 Å². The fourth-order valence-electron chi connectivity index (χ4n) is 1.56. The second kappa shape index (κ2) is 6.97. The molecule has 0 spiro atoms. The van der Waals surface area contributed by atoms with Gasteiger partial charge in [0, 0.05) is 16.3 Å². The van der Waals surface area contributed by atoms with Gasteiger partial charge in [0.25, 0.3) is 0 Å². The number of benzene rings is 2. The number of rotatable bonds is 6. The van der Waals surface area contributed by atoms with E-state index in [9.17, 15) is 0 Å². The minimum absolute atomic E-state index is 0.740. The van der Waals surface area contributed by atoms with E-state index in [1.165, 1.54) is 0 Å². The molecule has 2 nitrogen and oxygen atoms in total. The zero-order valence-electron chi connectivity index (χ0n) is 10.2. The van der Waals surface area contributed by atoms with Crippen LogP contribution in [0.15, 0.2) is 59.5 Å². The Labute approximate surface area is 112 Å². The van der Waals surface area contributed by atoms with Crippen molar-refractivity contribution in [1.82, 2.24) is 0 Å². The Morgan fingerprint density at radius 3 is 2.44 bits per heavy atom. The highest BCUT2D eigenvalue weighted by Gasteiger charge is 1.98. The highest BCUT2D eigenvalue weighted by atomic mass is 32.2.